The Labute approximate surface area is 60.8 Å². The van der Waals surface area contributed by atoms with Gasteiger partial charge in [-0.05, 0) is 12.1 Å². The van der Waals surface area contributed by atoms with Gasteiger partial charge in [0.15, 0.2) is 10.7 Å². The summed E-state index contributed by atoms with van der Waals surface area (Å²) >= 11 is 0. The first-order chi connectivity index (χ1) is 5.13. The second kappa shape index (κ2) is 2.41. The smallest absolute Gasteiger partial charge is 0.358 e. The molecule has 6 nitrogen and oxygen atoms in total. The Kier molecular flexibility index (Phi) is 1.59. The van der Waals surface area contributed by atoms with Crippen molar-refractivity contribution in [3.05, 3.63) is 34.1 Å². The Morgan fingerprint density at radius 2 is 2.36 bits per heavy atom. The van der Waals surface area contributed by atoms with Crippen LogP contribution in [0.4, 0.5) is 0 Å². The molecule has 1 N–H and O–H groups in total. The summed E-state index contributed by atoms with van der Waals surface area (Å²) in [6, 6.07) is 2.46. The third-order valence-electron chi connectivity index (χ3n) is 1.12. The molecule has 0 bridgehead atoms. The molecule has 0 fully saturated rings. The van der Waals surface area contributed by atoms with Crippen LogP contribution in [0, 0.1) is 10.1 Å². The number of nitro groups is 1. The van der Waals surface area contributed by atoms with Crippen LogP contribution in [0.25, 0.3) is 0 Å². The molecule has 0 aromatic carbocycles. The molecule has 0 aliphatic carbocycles. The van der Waals surface area contributed by atoms with E-state index in [0.717, 1.165) is 12.3 Å². The molecular formula is C5H4N2O4. The Morgan fingerprint density at radius 1 is 1.73 bits per heavy atom. The first-order valence-corrected chi connectivity index (χ1v) is 2.68. The van der Waals surface area contributed by atoms with Gasteiger partial charge in [0, 0.05) is 0 Å². The normalized spacial score (nSPS) is 9.45. The van der Waals surface area contributed by atoms with Crippen molar-refractivity contribution in [3.8, 4) is 0 Å². The van der Waals surface area contributed by atoms with Crippen LogP contribution in [0.3, 0.4) is 0 Å². The van der Waals surface area contributed by atoms with Crippen molar-refractivity contribution < 1.29 is 14.9 Å². The molecule has 0 aliphatic heterocycles. The molecule has 0 saturated carbocycles. The SMILES string of the molecule is O=C(O)c1cccn1[N+](=O)[O-]. The number of hydrogen-bond donors (Lipinski definition) is 1. The minimum absolute atomic E-state index is 0.352. The van der Waals surface area contributed by atoms with Gasteiger partial charge in [-0.15, -0.1) is 0 Å². The maximum atomic E-state index is 10.3. The van der Waals surface area contributed by atoms with Gasteiger partial charge in [-0.3, -0.25) is 0 Å². The number of hydrogen-bond acceptors (Lipinski definition) is 3. The number of nitrogens with zero attached hydrogens (tertiary/aromatic N) is 2. The summed E-state index contributed by atoms with van der Waals surface area (Å²) in [6.45, 7) is 0. The van der Waals surface area contributed by atoms with Gasteiger partial charge in [0.05, 0.1) is 6.20 Å². The summed E-state index contributed by atoms with van der Waals surface area (Å²) in [7, 11) is 0. The number of carboxylic acids is 1. The topological polar surface area (TPSA) is 85.4 Å². The van der Waals surface area contributed by atoms with Crippen molar-refractivity contribution >= 4 is 5.97 Å². The lowest BCUT2D eigenvalue weighted by Crippen LogP contribution is -2.14. The van der Waals surface area contributed by atoms with Crippen molar-refractivity contribution in [1.29, 1.82) is 0 Å². The van der Waals surface area contributed by atoms with E-state index in [1.54, 1.807) is 0 Å². The van der Waals surface area contributed by atoms with E-state index in [1.165, 1.54) is 6.07 Å². The van der Waals surface area contributed by atoms with Gasteiger partial charge in [-0.25, -0.2) is 14.9 Å². The van der Waals surface area contributed by atoms with E-state index >= 15 is 0 Å². The van der Waals surface area contributed by atoms with E-state index in [4.69, 9.17) is 5.11 Å². The maximum Gasteiger partial charge on any atom is 0.358 e. The minimum atomic E-state index is -1.31. The number of rotatable bonds is 2. The second-order valence-electron chi connectivity index (χ2n) is 1.78. The molecule has 1 heterocycles. The number of carbonyl (C=O) groups is 1. The minimum Gasteiger partial charge on any atom is -0.476 e. The second-order valence-corrected chi connectivity index (χ2v) is 1.78. The zero-order valence-electron chi connectivity index (χ0n) is 5.30. The fourth-order valence-corrected chi connectivity index (χ4v) is 0.684. The molecule has 0 atom stereocenters. The van der Waals surface area contributed by atoms with Gasteiger partial charge in [0.2, 0.25) is 0 Å². The zero-order chi connectivity index (χ0) is 8.43. The van der Waals surface area contributed by atoms with Crippen molar-refractivity contribution in [2.75, 3.05) is 0 Å². The van der Waals surface area contributed by atoms with Crippen LogP contribution in [-0.2, 0) is 0 Å². The molecule has 0 saturated heterocycles. The molecule has 6 heteroatoms. The molecule has 0 spiro atoms. The van der Waals surface area contributed by atoms with Crippen molar-refractivity contribution in [1.82, 2.24) is 4.68 Å². The summed E-state index contributed by atoms with van der Waals surface area (Å²) < 4.78 is 0.447. The number of carboxylic acid groups (broad SMARTS) is 1. The molecule has 1 aromatic rings. The molecule has 0 aliphatic rings. The van der Waals surface area contributed by atoms with E-state index in [0.29, 0.717) is 4.68 Å². The average molecular weight is 156 g/mol. The highest BCUT2D eigenvalue weighted by atomic mass is 16.7. The van der Waals surface area contributed by atoms with Gasteiger partial charge in [0.25, 0.3) is 0 Å². The molecule has 0 radical (unpaired) electrons. The van der Waals surface area contributed by atoms with Gasteiger partial charge in [0.1, 0.15) is 0 Å². The van der Waals surface area contributed by atoms with Gasteiger partial charge < -0.3 is 5.11 Å². The van der Waals surface area contributed by atoms with Crippen LogP contribution in [0.15, 0.2) is 18.3 Å². The standard InChI is InChI=1S/C5H4N2O4/c8-5(9)4-2-1-3-6(4)7(10)11/h1-3H,(H,8,9). The number of aromatic nitrogens is 1. The Balaban J connectivity index is 3.16. The van der Waals surface area contributed by atoms with E-state index in [1.807, 2.05) is 0 Å². The summed E-state index contributed by atoms with van der Waals surface area (Å²) in [5.74, 6) is -1.31. The lowest BCUT2D eigenvalue weighted by atomic mass is 10.4. The lowest BCUT2D eigenvalue weighted by Gasteiger charge is -1.92. The van der Waals surface area contributed by atoms with Crippen molar-refractivity contribution in [2.45, 2.75) is 0 Å². The van der Waals surface area contributed by atoms with E-state index in [9.17, 15) is 14.9 Å². The third-order valence-corrected chi connectivity index (χ3v) is 1.12. The molecule has 1 rings (SSSR count). The largest absolute Gasteiger partial charge is 0.476 e. The molecular weight excluding hydrogens is 152 g/mol. The molecule has 0 amide bonds. The van der Waals surface area contributed by atoms with Crippen LogP contribution in [-0.4, -0.2) is 20.8 Å². The van der Waals surface area contributed by atoms with E-state index in [-0.39, 0.29) is 5.69 Å². The highest BCUT2D eigenvalue weighted by Crippen LogP contribution is 2.00. The lowest BCUT2D eigenvalue weighted by molar-refractivity contribution is -0.542. The third kappa shape index (κ3) is 1.18. The molecule has 58 valence electrons. The molecule has 11 heavy (non-hydrogen) atoms. The summed E-state index contributed by atoms with van der Waals surface area (Å²) in [5, 5.41) is 17.7. The molecule has 0 unspecified atom stereocenters. The van der Waals surface area contributed by atoms with Crippen LogP contribution >= 0.6 is 0 Å². The molecule has 1 aromatic heterocycles. The summed E-state index contributed by atoms with van der Waals surface area (Å²) in [6.07, 6.45) is 1.07. The van der Waals surface area contributed by atoms with Gasteiger partial charge >= 0.3 is 5.97 Å². The van der Waals surface area contributed by atoms with Gasteiger partial charge in [-0.2, -0.15) is 0 Å². The van der Waals surface area contributed by atoms with Crippen molar-refractivity contribution in [2.24, 2.45) is 0 Å². The Bertz CT molecular complexity index is 275. The predicted molar refractivity (Wildman–Crippen MR) is 33.8 cm³/mol. The van der Waals surface area contributed by atoms with Crippen LogP contribution < -0.4 is 0 Å². The van der Waals surface area contributed by atoms with Crippen LogP contribution in [0.5, 0.6) is 0 Å². The highest BCUT2D eigenvalue weighted by molar-refractivity contribution is 5.85. The maximum absolute atomic E-state index is 10.3. The summed E-state index contributed by atoms with van der Waals surface area (Å²) in [4.78, 5) is 20.4. The van der Waals surface area contributed by atoms with E-state index < -0.39 is 11.0 Å². The Morgan fingerprint density at radius 3 is 2.73 bits per heavy atom. The summed E-state index contributed by atoms with van der Waals surface area (Å²) in [5.41, 5.74) is -0.352. The van der Waals surface area contributed by atoms with Crippen molar-refractivity contribution in [3.63, 3.8) is 0 Å². The quantitative estimate of drug-likeness (QED) is 0.490. The fourth-order valence-electron chi connectivity index (χ4n) is 0.684. The Hall–Kier alpha value is -1.85. The van der Waals surface area contributed by atoms with E-state index in [2.05, 4.69) is 0 Å². The van der Waals surface area contributed by atoms with Crippen LogP contribution in [0.1, 0.15) is 10.5 Å². The fraction of sp³-hybridized carbons (Fsp3) is 0. The number of aromatic carboxylic acids is 1. The first-order valence-electron chi connectivity index (χ1n) is 2.68. The first kappa shape index (κ1) is 7.26. The zero-order valence-corrected chi connectivity index (χ0v) is 5.30. The predicted octanol–water partition coefficient (Wildman–Crippen LogP) is 0.226. The average Bonchev–Trinajstić information content (AvgIpc) is 2.32. The highest BCUT2D eigenvalue weighted by Gasteiger charge is 2.14. The van der Waals surface area contributed by atoms with Crippen LogP contribution in [0.2, 0.25) is 0 Å². The van der Waals surface area contributed by atoms with Gasteiger partial charge in [-0.1, -0.05) is 4.68 Å². The monoisotopic (exact) mass is 156 g/mol.